The van der Waals surface area contributed by atoms with Gasteiger partial charge >= 0.3 is 0 Å². The van der Waals surface area contributed by atoms with Crippen molar-refractivity contribution in [3.05, 3.63) is 0 Å². The second-order valence-corrected chi connectivity index (χ2v) is 6.96. The van der Waals surface area contributed by atoms with Crippen LogP contribution in [0.3, 0.4) is 0 Å². The van der Waals surface area contributed by atoms with Gasteiger partial charge in [-0.3, -0.25) is 4.79 Å². The van der Waals surface area contributed by atoms with E-state index in [9.17, 15) is 4.79 Å². The van der Waals surface area contributed by atoms with Crippen LogP contribution in [0.25, 0.3) is 0 Å². The zero-order valence-corrected chi connectivity index (χ0v) is 13.0. The molecule has 19 heavy (non-hydrogen) atoms. The molecule has 1 aliphatic carbocycles. The van der Waals surface area contributed by atoms with Crippen LogP contribution in [0.15, 0.2) is 0 Å². The molecule has 0 saturated heterocycles. The van der Waals surface area contributed by atoms with Gasteiger partial charge < -0.3 is 11.1 Å². The summed E-state index contributed by atoms with van der Waals surface area (Å²) in [4.78, 5) is 12.2. The Morgan fingerprint density at radius 1 is 1.32 bits per heavy atom. The zero-order chi connectivity index (χ0) is 14.3. The monoisotopic (exact) mass is 268 g/mol. The number of hydrogen-bond acceptors (Lipinski definition) is 2. The quantitative estimate of drug-likeness (QED) is 0.697. The summed E-state index contributed by atoms with van der Waals surface area (Å²) in [5.74, 6) is 0.369. The van der Waals surface area contributed by atoms with Gasteiger partial charge in [0.2, 0.25) is 5.91 Å². The van der Waals surface area contributed by atoms with Crippen LogP contribution in [0, 0.1) is 11.3 Å². The van der Waals surface area contributed by atoms with Crippen molar-refractivity contribution in [2.24, 2.45) is 17.1 Å². The summed E-state index contributed by atoms with van der Waals surface area (Å²) in [6.45, 7) is 7.51. The smallest absolute Gasteiger partial charge is 0.223 e. The predicted molar refractivity (Wildman–Crippen MR) is 80.9 cm³/mol. The molecule has 0 heterocycles. The highest BCUT2D eigenvalue weighted by atomic mass is 16.1. The molecule has 0 spiro atoms. The van der Waals surface area contributed by atoms with E-state index in [1.165, 1.54) is 25.7 Å². The molecule has 0 aromatic rings. The molecule has 1 aliphatic rings. The van der Waals surface area contributed by atoms with E-state index < -0.39 is 0 Å². The fourth-order valence-corrected chi connectivity index (χ4v) is 2.88. The molecule has 1 amide bonds. The third kappa shape index (κ3) is 6.42. The molecule has 3 nitrogen and oxygen atoms in total. The first kappa shape index (κ1) is 16.5. The molecule has 0 radical (unpaired) electrons. The third-order valence-electron chi connectivity index (χ3n) is 4.28. The molecule has 3 N–H and O–H groups in total. The van der Waals surface area contributed by atoms with E-state index in [-0.39, 0.29) is 23.3 Å². The largest absolute Gasteiger partial charge is 0.355 e. The predicted octanol–water partition coefficient (Wildman–Crippen LogP) is 3.23. The van der Waals surface area contributed by atoms with Gasteiger partial charge in [-0.05, 0) is 31.1 Å². The molecular formula is C16H32N2O. The lowest BCUT2D eigenvalue weighted by Gasteiger charge is -2.29. The number of unbranched alkanes of at least 4 members (excludes halogenated alkanes) is 2. The summed E-state index contributed by atoms with van der Waals surface area (Å²) >= 11 is 0. The lowest BCUT2D eigenvalue weighted by Crippen LogP contribution is -2.41. The van der Waals surface area contributed by atoms with Crippen LogP contribution in [-0.4, -0.2) is 18.5 Å². The van der Waals surface area contributed by atoms with Crippen LogP contribution < -0.4 is 11.1 Å². The molecule has 1 saturated carbocycles. The van der Waals surface area contributed by atoms with E-state index in [4.69, 9.17) is 5.73 Å². The van der Waals surface area contributed by atoms with Gasteiger partial charge in [-0.1, -0.05) is 46.5 Å². The number of amides is 1. The summed E-state index contributed by atoms with van der Waals surface area (Å²) in [6, 6.07) is 0.224. The van der Waals surface area contributed by atoms with Crippen molar-refractivity contribution in [1.82, 2.24) is 5.32 Å². The van der Waals surface area contributed by atoms with Crippen molar-refractivity contribution in [1.29, 1.82) is 0 Å². The van der Waals surface area contributed by atoms with Crippen molar-refractivity contribution in [3.8, 4) is 0 Å². The zero-order valence-electron chi connectivity index (χ0n) is 13.0. The van der Waals surface area contributed by atoms with Crippen molar-refractivity contribution in [2.45, 2.75) is 78.2 Å². The summed E-state index contributed by atoms with van der Waals surface area (Å²) in [5.41, 5.74) is 6.16. The normalized spacial score (nSPS) is 24.2. The summed E-state index contributed by atoms with van der Waals surface area (Å²) in [7, 11) is 0. The Labute approximate surface area is 118 Å². The molecule has 0 aliphatic heterocycles. The summed E-state index contributed by atoms with van der Waals surface area (Å²) in [5, 5.41) is 3.15. The second kappa shape index (κ2) is 7.88. The number of nitrogens with two attached hydrogens (primary N) is 1. The Morgan fingerprint density at radius 3 is 2.68 bits per heavy atom. The van der Waals surface area contributed by atoms with E-state index in [2.05, 4.69) is 26.1 Å². The molecule has 0 bridgehead atoms. The maximum absolute atomic E-state index is 12.2. The van der Waals surface area contributed by atoms with E-state index in [1.54, 1.807) is 0 Å². The fraction of sp³-hybridized carbons (Fsp3) is 0.938. The minimum absolute atomic E-state index is 0.148. The fourth-order valence-electron chi connectivity index (χ4n) is 2.88. The van der Waals surface area contributed by atoms with Gasteiger partial charge in [-0.2, -0.15) is 0 Å². The van der Waals surface area contributed by atoms with Crippen molar-refractivity contribution < 1.29 is 4.79 Å². The highest BCUT2D eigenvalue weighted by Gasteiger charge is 2.26. The van der Waals surface area contributed by atoms with E-state index >= 15 is 0 Å². The van der Waals surface area contributed by atoms with Gasteiger partial charge in [-0.25, -0.2) is 0 Å². The molecule has 0 aromatic heterocycles. The molecular weight excluding hydrogens is 236 g/mol. The molecule has 2 unspecified atom stereocenters. The van der Waals surface area contributed by atoms with Crippen molar-refractivity contribution in [2.75, 3.05) is 6.54 Å². The van der Waals surface area contributed by atoms with Gasteiger partial charge in [0.15, 0.2) is 0 Å². The molecule has 1 fully saturated rings. The van der Waals surface area contributed by atoms with Crippen LogP contribution in [0.4, 0.5) is 0 Å². The lowest BCUT2D eigenvalue weighted by molar-refractivity contribution is -0.126. The molecule has 3 heteroatoms. The van der Waals surface area contributed by atoms with E-state index in [0.29, 0.717) is 0 Å². The van der Waals surface area contributed by atoms with Gasteiger partial charge in [0.25, 0.3) is 0 Å². The highest BCUT2D eigenvalue weighted by Crippen LogP contribution is 2.25. The average Bonchev–Trinajstić information content (AvgIpc) is 2.36. The van der Waals surface area contributed by atoms with Crippen LogP contribution in [0.2, 0.25) is 0 Å². The van der Waals surface area contributed by atoms with Crippen LogP contribution in [-0.2, 0) is 4.79 Å². The second-order valence-electron chi connectivity index (χ2n) is 6.96. The summed E-state index contributed by atoms with van der Waals surface area (Å²) in [6.07, 6.45) is 9.03. The van der Waals surface area contributed by atoms with Gasteiger partial charge in [0, 0.05) is 18.5 Å². The SMILES string of the molecule is CCCCCC(C)(C)CNC(=O)C1CCCC(N)C1. The number of hydrogen-bond donors (Lipinski definition) is 2. The number of carbonyl (C=O) groups is 1. The third-order valence-corrected chi connectivity index (χ3v) is 4.28. The maximum Gasteiger partial charge on any atom is 0.223 e. The van der Waals surface area contributed by atoms with Gasteiger partial charge in [0.05, 0.1) is 0 Å². The maximum atomic E-state index is 12.2. The minimum Gasteiger partial charge on any atom is -0.355 e. The summed E-state index contributed by atoms with van der Waals surface area (Å²) < 4.78 is 0. The Balaban J connectivity index is 2.28. The molecule has 0 aromatic carbocycles. The Morgan fingerprint density at radius 2 is 2.05 bits per heavy atom. The Hall–Kier alpha value is -0.570. The Kier molecular flexibility index (Phi) is 6.84. The molecule has 2 atom stereocenters. The highest BCUT2D eigenvalue weighted by molar-refractivity contribution is 5.78. The van der Waals surface area contributed by atoms with Crippen LogP contribution >= 0.6 is 0 Å². The van der Waals surface area contributed by atoms with Crippen LogP contribution in [0.5, 0.6) is 0 Å². The number of rotatable bonds is 7. The minimum atomic E-state index is 0.148. The van der Waals surface area contributed by atoms with Crippen molar-refractivity contribution in [3.63, 3.8) is 0 Å². The topological polar surface area (TPSA) is 55.1 Å². The van der Waals surface area contributed by atoms with E-state index in [0.717, 1.165) is 32.2 Å². The molecule has 1 rings (SSSR count). The average molecular weight is 268 g/mol. The first-order valence-electron chi connectivity index (χ1n) is 7.98. The molecule has 112 valence electrons. The number of nitrogens with one attached hydrogen (secondary N) is 1. The van der Waals surface area contributed by atoms with E-state index in [1.807, 2.05) is 0 Å². The first-order chi connectivity index (χ1) is 8.94. The van der Waals surface area contributed by atoms with Gasteiger partial charge in [-0.15, -0.1) is 0 Å². The number of carbonyl (C=O) groups excluding carboxylic acids is 1. The Bertz CT molecular complexity index is 276. The van der Waals surface area contributed by atoms with Crippen LogP contribution in [0.1, 0.15) is 72.1 Å². The van der Waals surface area contributed by atoms with Crippen molar-refractivity contribution >= 4 is 5.91 Å². The lowest BCUT2D eigenvalue weighted by atomic mass is 9.84. The standard InChI is InChI=1S/C16H32N2O/c1-4-5-6-10-16(2,3)12-18-15(19)13-8-7-9-14(17)11-13/h13-14H,4-12,17H2,1-3H3,(H,18,19). The van der Waals surface area contributed by atoms with Gasteiger partial charge in [0.1, 0.15) is 0 Å². The first-order valence-corrected chi connectivity index (χ1v) is 7.98.